The number of carbonyl (C=O) groups is 1. The van der Waals surface area contributed by atoms with Gasteiger partial charge in [0, 0.05) is 11.6 Å². The van der Waals surface area contributed by atoms with Gasteiger partial charge in [0.25, 0.3) is 0 Å². The Morgan fingerprint density at radius 1 is 1.08 bits per heavy atom. The predicted octanol–water partition coefficient (Wildman–Crippen LogP) is 3.85. The molecule has 134 valence electrons. The number of anilines is 1. The largest absolute Gasteiger partial charge is 0.492 e. The molecule has 2 amide bonds. The van der Waals surface area contributed by atoms with Crippen LogP contribution in [0, 0.1) is 17.5 Å². The van der Waals surface area contributed by atoms with E-state index >= 15 is 0 Å². The van der Waals surface area contributed by atoms with Crippen LogP contribution in [0.25, 0.3) is 10.9 Å². The molecule has 0 saturated heterocycles. The molecule has 2 aromatic carbocycles. The van der Waals surface area contributed by atoms with Crippen LogP contribution in [-0.2, 0) is 0 Å². The number of amides is 2. The molecule has 2 N–H and O–H groups in total. The number of aromatic nitrogens is 1. The van der Waals surface area contributed by atoms with Crippen molar-refractivity contribution in [3.63, 3.8) is 0 Å². The molecule has 0 aliphatic carbocycles. The van der Waals surface area contributed by atoms with Gasteiger partial charge in [-0.05, 0) is 36.4 Å². The molecule has 0 spiro atoms. The molecule has 0 radical (unpaired) electrons. The first-order valence-electron chi connectivity index (χ1n) is 7.70. The number of halogens is 3. The fourth-order valence-corrected chi connectivity index (χ4v) is 2.27. The molecule has 26 heavy (non-hydrogen) atoms. The minimum Gasteiger partial charge on any atom is -0.492 e. The molecule has 1 heterocycles. The molecule has 0 saturated carbocycles. The summed E-state index contributed by atoms with van der Waals surface area (Å²) in [5.74, 6) is -3.81. The zero-order valence-corrected chi connectivity index (χ0v) is 13.4. The van der Waals surface area contributed by atoms with Crippen LogP contribution in [0.3, 0.4) is 0 Å². The molecule has 8 heteroatoms. The van der Waals surface area contributed by atoms with Crippen molar-refractivity contribution in [3.05, 3.63) is 66.1 Å². The van der Waals surface area contributed by atoms with Gasteiger partial charge in [0.2, 0.25) is 0 Å². The summed E-state index contributed by atoms with van der Waals surface area (Å²) in [5.41, 5.74) is 0.384. The Labute approximate surface area is 146 Å². The zero-order valence-electron chi connectivity index (χ0n) is 13.4. The number of ether oxygens (including phenoxy) is 1. The summed E-state index contributed by atoms with van der Waals surface area (Å²) >= 11 is 0. The summed E-state index contributed by atoms with van der Waals surface area (Å²) in [6.45, 7) is 0.293. The Morgan fingerprint density at radius 2 is 1.92 bits per heavy atom. The fraction of sp³-hybridized carbons (Fsp3) is 0.111. The van der Waals surface area contributed by atoms with Crippen LogP contribution in [0.4, 0.5) is 23.7 Å². The van der Waals surface area contributed by atoms with Gasteiger partial charge < -0.3 is 15.4 Å². The number of benzene rings is 2. The molecule has 1 aromatic heterocycles. The van der Waals surface area contributed by atoms with E-state index in [1.165, 1.54) is 0 Å². The van der Waals surface area contributed by atoms with Gasteiger partial charge in [0.1, 0.15) is 12.4 Å². The van der Waals surface area contributed by atoms with Crippen LogP contribution < -0.4 is 15.4 Å². The van der Waals surface area contributed by atoms with Crippen molar-refractivity contribution in [1.29, 1.82) is 0 Å². The van der Waals surface area contributed by atoms with E-state index in [1.807, 2.05) is 24.3 Å². The molecule has 0 unspecified atom stereocenters. The standard InChI is InChI=1S/C18H14F3N3O2/c19-13-4-6-15(17(21)16(13)20)24-18(25)23-8-9-26-12-3-5-14-11(10-12)2-1-7-22-14/h1-7,10H,8-9H2,(H2,23,24,25). The molecule has 0 aliphatic heterocycles. The van der Waals surface area contributed by atoms with Crippen LogP contribution in [0.15, 0.2) is 48.7 Å². The number of fused-ring (bicyclic) bond motifs is 1. The normalized spacial score (nSPS) is 10.6. The SMILES string of the molecule is O=C(NCCOc1ccc2ncccc2c1)Nc1ccc(F)c(F)c1F. The second-order valence-corrected chi connectivity index (χ2v) is 5.31. The van der Waals surface area contributed by atoms with Gasteiger partial charge in [-0.25, -0.2) is 18.0 Å². The number of hydrogen-bond donors (Lipinski definition) is 2. The summed E-state index contributed by atoms with van der Waals surface area (Å²) in [6, 6.07) is 10.0. The number of nitrogens with zero attached hydrogens (tertiary/aromatic N) is 1. The molecular weight excluding hydrogens is 347 g/mol. The van der Waals surface area contributed by atoms with Crippen molar-refractivity contribution in [2.75, 3.05) is 18.5 Å². The van der Waals surface area contributed by atoms with E-state index in [4.69, 9.17) is 4.74 Å². The van der Waals surface area contributed by atoms with Crippen molar-refractivity contribution in [2.24, 2.45) is 0 Å². The van der Waals surface area contributed by atoms with Crippen molar-refractivity contribution in [2.45, 2.75) is 0 Å². The number of hydrogen-bond acceptors (Lipinski definition) is 3. The van der Waals surface area contributed by atoms with Gasteiger partial charge in [0.05, 0.1) is 17.7 Å². The lowest BCUT2D eigenvalue weighted by molar-refractivity contribution is 0.247. The highest BCUT2D eigenvalue weighted by molar-refractivity contribution is 5.89. The average Bonchev–Trinajstić information content (AvgIpc) is 2.65. The Balaban J connectivity index is 1.48. The third-order valence-electron chi connectivity index (χ3n) is 3.51. The van der Waals surface area contributed by atoms with Gasteiger partial charge in [-0.15, -0.1) is 0 Å². The minimum absolute atomic E-state index is 0.127. The molecule has 0 fully saturated rings. The van der Waals surface area contributed by atoms with Gasteiger partial charge in [-0.3, -0.25) is 4.98 Å². The van der Waals surface area contributed by atoms with Crippen LogP contribution in [0.5, 0.6) is 5.75 Å². The molecule has 5 nitrogen and oxygen atoms in total. The van der Waals surface area contributed by atoms with E-state index in [9.17, 15) is 18.0 Å². The maximum atomic E-state index is 13.5. The highest BCUT2D eigenvalue weighted by Gasteiger charge is 2.14. The maximum absolute atomic E-state index is 13.5. The van der Waals surface area contributed by atoms with Crippen LogP contribution in [0.2, 0.25) is 0 Å². The quantitative estimate of drug-likeness (QED) is 0.536. The predicted molar refractivity (Wildman–Crippen MR) is 90.6 cm³/mol. The summed E-state index contributed by atoms with van der Waals surface area (Å²) in [4.78, 5) is 15.9. The molecule has 0 bridgehead atoms. The minimum atomic E-state index is -1.64. The smallest absolute Gasteiger partial charge is 0.319 e. The number of carbonyl (C=O) groups excluding carboxylic acids is 1. The summed E-state index contributed by atoms with van der Waals surface area (Å²) < 4.78 is 44.9. The molecule has 3 aromatic rings. The Morgan fingerprint density at radius 3 is 2.77 bits per heavy atom. The highest BCUT2D eigenvalue weighted by atomic mass is 19.2. The van der Waals surface area contributed by atoms with E-state index in [-0.39, 0.29) is 13.2 Å². The van der Waals surface area contributed by atoms with Crippen molar-refractivity contribution >= 4 is 22.6 Å². The third-order valence-corrected chi connectivity index (χ3v) is 3.51. The third kappa shape index (κ3) is 4.02. The topological polar surface area (TPSA) is 63.2 Å². The lowest BCUT2D eigenvalue weighted by Crippen LogP contribution is -2.32. The van der Waals surface area contributed by atoms with Crippen LogP contribution >= 0.6 is 0 Å². The average molecular weight is 361 g/mol. The van der Waals surface area contributed by atoms with Gasteiger partial charge >= 0.3 is 6.03 Å². The fourth-order valence-electron chi connectivity index (χ4n) is 2.27. The lowest BCUT2D eigenvalue weighted by Gasteiger charge is -2.10. The first kappa shape index (κ1) is 17.5. The van der Waals surface area contributed by atoms with E-state index < -0.39 is 29.2 Å². The Bertz CT molecular complexity index is 950. The van der Waals surface area contributed by atoms with Gasteiger partial charge in [-0.1, -0.05) is 6.07 Å². The summed E-state index contributed by atoms with van der Waals surface area (Å²) in [6.07, 6.45) is 1.70. The van der Waals surface area contributed by atoms with Gasteiger partial charge in [0.15, 0.2) is 17.5 Å². The highest BCUT2D eigenvalue weighted by Crippen LogP contribution is 2.20. The lowest BCUT2D eigenvalue weighted by atomic mass is 10.2. The van der Waals surface area contributed by atoms with Crippen molar-refractivity contribution in [3.8, 4) is 5.75 Å². The Hall–Kier alpha value is -3.29. The van der Waals surface area contributed by atoms with Gasteiger partial charge in [-0.2, -0.15) is 0 Å². The second kappa shape index (κ2) is 7.73. The number of urea groups is 1. The molecular formula is C18H14F3N3O2. The zero-order chi connectivity index (χ0) is 18.5. The maximum Gasteiger partial charge on any atom is 0.319 e. The van der Waals surface area contributed by atoms with E-state index in [0.717, 1.165) is 23.0 Å². The van der Waals surface area contributed by atoms with Crippen LogP contribution in [-0.4, -0.2) is 24.2 Å². The Kier molecular flexibility index (Phi) is 5.21. The summed E-state index contributed by atoms with van der Waals surface area (Å²) in [5, 5.41) is 5.46. The number of pyridine rings is 1. The van der Waals surface area contributed by atoms with E-state index in [1.54, 1.807) is 12.3 Å². The van der Waals surface area contributed by atoms with E-state index in [0.29, 0.717) is 5.75 Å². The van der Waals surface area contributed by atoms with Crippen molar-refractivity contribution in [1.82, 2.24) is 10.3 Å². The van der Waals surface area contributed by atoms with Crippen molar-refractivity contribution < 1.29 is 22.7 Å². The summed E-state index contributed by atoms with van der Waals surface area (Å²) in [7, 11) is 0. The first-order valence-corrected chi connectivity index (χ1v) is 7.70. The molecule has 3 rings (SSSR count). The van der Waals surface area contributed by atoms with E-state index in [2.05, 4.69) is 15.6 Å². The molecule has 0 atom stereocenters. The number of rotatable bonds is 5. The van der Waals surface area contributed by atoms with Crippen LogP contribution in [0.1, 0.15) is 0 Å². The number of nitrogens with one attached hydrogen (secondary N) is 2. The first-order chi connectivity index (χ1) is 12.5. The molecule has 0 aliphatic rings. The monoisotopic (exact) mass is 361 g/mol. The second-order valence-electron chi connectivity index (χ2n) is 5.31.